The summed E-state index contributed by atoms with van der Waals surface area (Å²) < 4.78 is 0. The van der Waals surface area contributed by atoms with Crippen LogP contribution < -0.4 is 10.6 Å². The highest BCUT2D eigenvalue weighted by molar-refractivity contribution is 5.94. The van der Waals surface area contributed by atoms with Gasteiger partial charge < -0.3 is 10.6 Å². The molecule has 1 fully saturated rings. The van der Waals surface area contributed by atoms with Gasteiger partial charge in [0.1, 0.15) is 0 Å². The highest BCUT2D eigenvalue weighted by Gasteiger charge is 2.30. The second-order valence-corrected chi connectivity index (χ2v) is 8.08. The maximum absolute atomic E-state index is 12.6. The second-order valence-electron chi connectivity index (χ2n) is 8.08. The maximum Gasteiger partial charge on any atom is 0.238 e. The first-order valence-electron chi connectivity index (χ1n) is 10.3. The van der Waals surface area contributed by atoms with E-state index < -0.39 is 0 Å². The van der Waals surface area contributed by atoms with Crippen molar-refractivity contribution < 1.29 is 9.59 Å². The quantitative estimate of drug-likeness (QED) is 0.701. The third kappa shape index (κ3) is 5.67. The molecule has 1 aliphatic carbocycles. The number of aryl methyl sites for hydroxylation is 4. The fraction of sp³-hybridized carbons (Fsp3) is 0.417. The van der Waals surface area contributed by atoms with Gasteiger partial charge in [-0.2, -0.15) is 0 Å². The molecule has 0 saturated heterocycles. The molecule has 154 valence electrons. The predicted octanol–water partition coefficient (Wildman–Crippen LogP) is 4.35. The molecular weight excluding hydrogens is 362 g/mol. The fourth-order valence-electron chi connectivity index (χ4n) is 3.66. The Morgan fingerprint density at radius 2 is 1.28 bits per heavy atom. The van der Waals surface area contributed by atoms with E-state index in [9.17, 15) is 9.59 Å². The molecule has 2 amide bonds. The van der Waals surface area contributed by atoms with Crippen LogP contribution in [0, 0.1) is 27.7 Å². The fourth-order valence-corrected chi connectivity index (χ4v) is 3.66. The minimum atomic E-state index is -0.0237. The number of carbonyl (C=O) groups excluding carboxylic acids is 2. The van der Waals surface area contributed by atoms with Gasteiger partial charge in [-0.25, -0.2) is 0 Å². The minimum Gasteiger partial charge on any atom is -0.326 e. The number of amides is 2. The summed E-state index contributed by atoms with van der Waals surface area (Å²) in [6, 6.07) is 12.4. The van der Waals surface area contributed by atoms with Crippen molar-refractivity contribution in [1.29, 1.82) is 0 Å². The van der Waals surface area contributed by atoms with Crippen LogP contribution in [0.2, 0.25) is 0 Å². The van der Waals surface area contributed by atoms with Crippen LogP contribution in [-0.2, 0) is 9.59 Å². The Balaban J connectivity index is 1.55. The van der Waals surface area contributed by atoms with E-state index in [1.807, 2.05) is 64.1 Å². The van der Waals surface area contributed by atoms with Crippen LogP contribution >= 0.6 is 0 Å². The molecule has 0 atom stereocenters. The summed E-state index contributed by atoms with van der Waals surface area (Å²) in [6.07, 6.45) is 2.56. The van der Waals surface area contributed by atoms with Crippen LogP contribution in [0.25, 0.3) is 0 Å². The molecule has 1 saturated carbocycles. The smallest absolute Gasteiger partial charge is 0.238 e. The van der Waals surface area contributed by atoms with Crippen LogP contribution in [0.15, 0.2) is 36.4 Å². The Kier molecular flexibility index (Phi) is 6.70. The van der Waals surface area contributed by atoms with Crippen molar-refractivity contribution >= 4 is 23.2 Å². The second kappa shape index (κ2) is 9.23. The summed E-state index contributed by atoms with van der Waals surface area (Å²) >= 11 is 0. The number of nitrogens with zero attached hydrogens (tertiary/aromatic N) is 1. The zero-order valence-corrected chi connectivity index (χ0v) is 17.8. The van der Waals surface area contributed by atoms with Gasteiger partial charge in [0, 0.05) is 30.4 Å². The third-order valence-electron chi connectivity index (χ3n) is 5.53. The van der Waals surface area contributed by atoms with E-state index in [1.54, 1.807) is 0 Å². The van der Waals surface area contributed by atoms with Crippen LogP contribution in [0.4, 0.5) is 11.4 Å². The SMILES string of the molecule is Cc1cccc(C)c1NC(=O)CCN(CC(=O)Nc1c(C)cccc1C)C1CC1. The molecular formula is C24H31N3O2. The van der Waals surface area contributed by atoms with E-state index in [4.69, 9.17) is 0 Å². The van der Waals surface area contributed by atoms with Gasteiger partial charge in [0.05, 0.1) is 6.54 Å². The molecule has 0 unspecified atom stereocenters. The van der Waals surface area contributed by atoms with Gasteiger partial charge in [0.15, 0.2) is 0 Å². The zero-order chi connectivity index (χ0) is 21.0. The lowest BCUT2D eigenvalue weighted by molar-refractivity contribution is -0.119. The molecule has 0 heterocycles. The van der Waals surface area contributed by atoms with Gasteiger partial charge in [0.2, 0.25) is 11.8 Å². The number of hydrogen-bond donors (Lipinski definition) is 2. The van der Waals surface area contributed by atoms with Gasteiger partial charge in [-0.05, 0) is 62.8 Å². The Bertz CT molecular complexity index is 862. The topological polar surface area (TPSA) is 61.4 Å². The van der Waals surface area contributed by atoms with Crippen molar-refractivity contribution in [3.63, 3.8) is 0 Å². The lowest BCUT2D eigenvalue weighted by atomic mass is 10.1. The van der Waals surface area contributed by atoms with E-state index >= 15 is 0 Å². The molecule has 1 aliphatic rings. The summed E-state index contributed by atoms with van der Waals surface area (Å²) in [7, 11) is 0. The molecule has 29 heavy (non-hydrogen) atoms. The number of benzene rings is 2. The Morgan fingerprint density at radius 1 is 0.828 bits per heavy atom. The number of anilines is 2. The Morgan fingerprint density at radius 3 is 1.72 bits per heavy atom. The molecule has 0 aromatic heterocycles. The van der Waals surface area contributed by atoms with Gasteiger partial charge >= 0.3 is 0 Å². The summed E-state index contributed by atoms with van der Waals surface area (Å²) in [6.45, 7) is 8.89. The highest BCUT2D eigenvalue weighted by Crippen LogP contribution is 2.27. The van der Waals surface area contributed by atoms with Crippen LogP contribution in [0.5, 0.6) is 0 Å². The summed E-state index contributed by atoms with van der Waals surface area (Å²) in [5, 5.41) is 6.09. The third-order valence-corrected chi connectivity index (χ3v) is 5.53. The lowest BCUT2D eigenvalue weighted by Gasteiger charge is -2.22. The molecule has 0 bridgehead atoms. The monoisotopic (exact) mass is 393 g/mol. The number of rotatable bonds is 8. The molecule has 3 rings (SSSR count). The minimum absolute atomic E-state index is 0.0109. The first-order chi connectivity index (χ1) is 13.8. The average molecular weight is 394 g/mol. The van der Waals surface area contributed by atoms with Crippen molar-refractivity contribution in [1.82, 2.24) is 4.90 Å². The molecule has 2 aromatic carbocycles. The van der Waals surface area contributed by atoms with E-state index in [-0.39, 0.29) is 11.8 Å². The van der Waals surface area contributed by atoms with Gasteiger partial charge in [-0.15, -0.1) is 0 Å². The van der Waals surface area contributed by atoms with Gasteiger partial charge in [-0.3, -0.25) is 14.5 Å². The van der Waals surface area contributed by atoms with Gasteiger partial charge in [0.25, 0.3) is 0 Å². The standard InChI is InChI=1S/C24H31N3O2/c1-16-7-5-8-17(2)23(16)25-21(28)13-14-27(20-11-12-20)15-22(29)26-24-18(3)9-6-10-19(24)4/h5-10,20H,11-15H2,1-4H3,(H,25,28)(H,26,29). The molecule has 2 N–H and O–H groups in total. The van der Waals surface area contributed by atoms with Gasteiger partial charge in [-0.1, -0.05) is 36.4 Å². The first kappa shape index (κ1) is 21.1. The largest absolute Gasteiger partial charge is 0.326 e. The van der Waals surface area contributed by atoms with E-state index in [0.717, 1.165) is 46.5 Å². The van der Waals surface area contributed by atoms with E-state index in [0.29, 0.717) is 25.6 Å². The van der Waals surface area contributed by atoms with Crippen molar-refractivity contribution in [2.45, 2.75) is 53.0 Å². The molecule has 5 heteroatoms. The number of nitrogens with one attached hydrogen (secondary N) is 2. The van der Waals surface area contributed by atoms with Crippen molar-refractivity contribution in [2.24, 2.45) is 0 Å². The summed E-state index contributed by atoms with van der Waals surface area (Å²) in [5.41, 5.74) is 6.02. The van der Waals surface area contributed by atoms with Crippen molar-refractivity contribution in [2.75, 3.05) is 23.7 Å². The zero-order valence-electron chi connectivity index (χ0n) is 17.8. The predicted molar refractivity (Wildman–Crippen MR) is 118 cm³/mol. The van der Waals surface area contributed by atoms with E-state index in [2.05, 4.69) is 15.5 Å². The molecule has 2 aromatic rings. The Labute approximate surface area is 173 Å². The van der Waals surface area contributed by atoms with Crippen LogP contribution in [0.3, 0.4) is 0 Å². The normalized spacial score (nSPS) is 13.4. The van der Waals surface area contributed by atoms with Crippen LogP contribution in [0.1, 0.15) is 41.5 Å². The summed E-state index contributed by atoms with van der Waals surface area (Å²) in [5.74, 6) is -0.0346. The van der Waals surface area contributed by atoms with Crippen molar-refractivity contribution in [3.8, 4) is 0 Å². The molecule has 0 spiro atoms. The maximum atomic E-state index is 12.6. The highest BCUT2D eigenvalue weighted by atomic mass is 16.2. The van der Waals surface area contributed by atoms with Crippen molar-refractivity contribution in [3.05, 3.63) is 58.7 Å². The van der Waals surface area contributed by atoms with E-state index in [1.165, 1.54) is 0 Å². The molecule has 5 nitrogen and oxygen atoms in total. The number of carbonyl (C=O) groups is 2. The Hall–Kier alpha value is -2.66. The number of para-hydroxylation sites is 2. The molecule has 0 aliphatic heterocycles. The summed E-state index contributed by atoms with van der Waals surface area (Å²) in [4.78, 5) is 27.3. The average Bonchev–Trinajstić information content (AvgIpc) is 3.50. The lowest BCUT2D eigenvalue weighted by Crippen LogP contribution is -2.37. The number of hydrogen-bond acceptors (Lipinski definition) is 3. The van der Waals surface area contributed by atoms with Crippen LogP contribution in [-0.4, -0.2) is 35.8 Å². The molecule has 0 radical (unpaired) electrons. The first-order valence-corrected chi connectivity index (χ1v) is 10.3.